The number of hydrogen-bond acceptors (Lipinski definition) is 5. The molecule has 6 heteroatoms. The molecule has 1 unspecified atom stereocenters. The maximum atomic E-state index is 12.6. The molecule has 0 spiro atoms. The van der Waals surface area contributed by atoms with Gasteiger partial charge in [0.1, 0.15) is 11.4 Å². The zero-order chi connectivity index (χ0) is 21.1. The fraction of sp³-hybridized carbons (Fsp3) is 0.591. The minimum Gasteiger partial charge on any atom is -0.496 e. The van der Waals surface area contributed by atoms with Crippen LogP contribution in [-0.2, 0) is 36.7 Å². The quantitative estimate of drug-likeness (QED) is 0.451. The fourth-order valence-electron chi connectivity index (χ4n) is 3.74. The Morgan fingerprint density at radius 3 is 2.18 bits per heavy atom. The molecule has 0 N–H and O–H groups in total. The molecule has 1 atom stereocenters. The molecule has 1 aliphatic carbocycles. The molecular formula is C22H33O5P. The molecular weight excluding hydrogens is 375 g/mol. The van der Waals surface area contributed by atoms with Crippen LogP contribution in [0.25, 0.3) is 6.08 Å². The van der Waals surface area contributed by atoms with Crippen LogP contribution < -0.4 is 4.74 Å². The maximum absolute atomic E-state index is 12.6. The maximum Gasteiger partial charge on any atom is 0.340 e. The van der Waals surface area contributed by atoms with Gasteiger partial charge in [0.15, 0.2) is 5.78 Å². The summed E-state index contributed by atoms with van der Waals surface area (Å²) in [5.41, 5.74) is 3.73. The lowest BCUT2D eigenvalue weighted by atomic mass is 9.78. The van der Waals surface area contributed by atoms with Crippen LogP contribution in [-0.4, -0.2) is 32.8 Å². The third kappa shape index (κ3) is 4.59. The standard InChI is InChI=1S/C22H33O5P/c1-15(28(24,26-6)27-7)20(23)13-12-16-14-19(22(2,3)4)21(25-5)18-11-9-8-10-17(16)18/h12-15H,8-11H2,1-7H3/b13-12+. The Kier molecular flexibility index (Phi) is 7.30. The summed E-state index contributed by atoms with van der Waals surface area (Å²) in [6.45, 7) is 8.06. The van der Waals surface area contributed by atoms with E-state index in [4.69, 9.17) is 13.8 Å². The van der Waals surface area contributed by atoms with Crippen molar-refractivity contribution in [3.05, 3.63) is 34.4 Å². The van der Waals surface area contributed by atoms with Gasteiger partial charge in [-0.05, 0) is 66.9 Å². The highest BCUT2D eigenvalue weighted by Crippen LogP contribution is 2.51. The fourth-order valence-corrected chi connectivity index (χ4v) is 4.92. The lowest BCUT2D eigenvalue weighted by Crippen LogP contribution is -2.18. The number of allylic oxidation sites excluding steroid dienone is 1. The van der Waals surface area contributed by atoms with E-state index in [2.05, 4.69) is 26.8 Å². The van der Waals surface area contributed by atoms with Crippen molar-refractivity contribution < 1.29 is 23.1 Å². The average molecular weight is 408 g/mol. The Morgan fingerprint density at radius 2 is 1.68 bits per heavy atom. The predicted octanol–water partition coefficient (Wildman–Crippen LogP) is 5.33. The van der Waals surface area contributed by atoms with Gasteiger partial charge in [-0.15, -0.1) is 0 Å². The molecule has 0 fully saturated rings. The summed E-state index contributed by atoms with van der Waals surface area (Å²) in [5, 5.41) is 0. The van der Waals surface area contributed by atoms with Gasteiger partial charge in [0.2, 0.25) is 0 Å². The van der Waals surface area contributed by atoms with Crippen molar-refractivity contribution in [1.82, 2.24) is 0 Å². The van der Waals surface area contributed by atoms with Crippen LogP contribution in [0.5, 0.6) is 5.75 Å². The first kappa shape index (κ1) is 22.9. The molecule has 2 rings (SSSR count). The van der Waals surface area contributed by atoms with Crippen LogP contribution in [0, 0.1) is 0 Å². The van der Waals surface area contributed by atoms with E-state index in [-0.39, 0.29) is 11.2 Å². The topological polar surface area (TPSA) is 61.8 Å². The number of methoxy groups -OCH3 is 1. The summed E-state index contributed by atoms with van der Waals surface area (Å²) in [5.74, 6) is 0.701. The number of rotatable bonds is 7. The molecule has 0 aromatic heterocycles. The summed E-state index contributed by atoms with van der Waals surface area (Å²) in [6, 6.07) is 2.13. The largest absolute Gasteiger partial charge is 0.496 e. The number of hydrogen-bond donors (Lipinski definition) is 0. The molecule has 0 saturated heterocycles. The molecule has 1 aromatic rings. The molecule has 156 valence electrons. The van der Waals surface area contributed by atoms with Gasteiger partial charge in [-0.2, -0.15) is 0 Å². The van der Waals surface area contributed by atoms with Gasteiger partial charge in [0.05, 0.1) is 7.11 Å². The number of carbonyl (C=O) groups excluding carboxylic acids is 1. The first-order valence-corrected chi connectivity index (χ1v) is 11.4. The van der Waals surface area contributed by atoms with Gasteiger partial charge in [0, 0.05) is 19.8 Å². The highest BCUT2D eigenvalue weighted by molar-refractivity contribution is 7.55. The number of fused-ring (bicyclic) bond motifs is 1. The number of benzene rings is 1. The SMILES string of the molecule is COc1c(C(C)(C)C)cc(/C=C/C(=O)C(C)P(=O)(OC)OC)c2c1CCCC2. The van der Waals surface area contributed by atoms with Crippen molar-refractivity contribution in [2.24, 2.45) is 0 Å². The van der Waals surface area contributed by atoms with E-state index in [1.807, 2.05) is 6.08 Å². The first-order chi connectivity index (χ1) is 13.1. The summed E-state index contributed by atoms with van der Waals surface area (Å²) in [4.78, 5) is 12.6. The van der Waals surface area contributed by atoms with Crippen molar-refractivity contribution in [3.63, 3.8) is 0 Å². The van der Waals surface area contributed by atoms with Crippen molar-refractivity contribution in [2.45, 2.75) is 64.5 Å². The van der Waals surface area contributed by atoms with E-state index in [0.717, 1.165) is 42.6 Å². The monoisotopic (exact) mass is 408 g/mol. The van der Waals surface area contributed by atoms with Crippen LogP contribution >= 0.6 is 7.60 Å². The lowest BCUT2D eigenvalue weighted by molar-refractivity contribution is -0.114. The highest BCUT2D eigenvalue weighted by atomic mass is 31.2. The Bertz CT molecular complexity index is 796. The van der Waals surface area contributed by atoms with E-state index in [1.54, 1.807) is 14.0 Å². The van der Waals surface area contributed by atoms with Crippen LogP contribution in [0.15, 0.2) is 12.1 Å². The highest BCUT2D eigenvalue weighted by Gasteiger charge is 2.34. The smallest absolute Gasteiger partial charge is 0.340 e. The van der Waals surface area contributed by atoms with Crippen LogP contribution in [0.3, 0.4) is 0 Å². The van der Waals surface area contributed by atoms with Crippen molar-refractivity contribution in [1.29, 1.82) is 0 Å². The van der Waals surface area contributed by atoms with E-state index in [9.17, 15) is 9.36 Å². The molecule has 0 radical (unpaired) electrons. The van der Waals surface area contributed by atoms with E-state index in [1.165, 1.54) is 31.4 Å². The number of carbonyl (C=O) groups is 1. The zero-order valence-electron chi connectivity index (χ0n) is 18.1. The van der Waals surface area contributed by atoms with E-state index >= 15 is 0 Å². The van der Waals surface area contributed by atoms with Crippen molar-refractivity contribution in [2.75, 3.05) is 21.3 Å². The molecule has 0 aliphatic heterocycles. The van der Waals surface area contributed by atoms with Gasteiger partial charge in [-0.3, -0.25) is 9.36 Å². The Labute approximate surface area is 169 Å². The lowest BCUT2D eigenvalue weighted by Gasteiger charge is -2.29. The minimum absolute atomic E-state index is 0.0838. The van der Waals surface area contributed by atoms with Gasteiger partial charge >= 0.3 is 7.60 Å². The van der Waals surface area contributed by atoms with E-state index in [0.29, 0.717) is 0 Å². The Hall–Kier alpha value is -1.42. The third-order valence-corrected chi connectivity index (χ3v) is 7.69. The molecule has 5 nitrogen and oxygen atoms in total. The zero-order valence-corrected chi connectivity index (χ0v) is 19.0. The second-order valence-corrected chi connectivity index (χ2v) is 10.9. The minimum atomic E-state index is -3.44. The normalized spacial score (nSPS) is 16.1. The Balaban J connectivity index is 2.49. The summed E-state index contributed by atoms with van der Waals surface area (Å²) in [6.07, 6.45) is 7.55. The molecule has 0 heterocycles. The third-order valence-electron chi connectivity index (χ3n) is 5.47. The average Bonchev–Trinajstić information content (AvgIpc) is 2.69. The molecule has 1 aromatic carbocycles. The van der Waals surface area contributed by atoms with Gasteiger partial charge < -0.3 is 13.8 Å². The molecule has 28 heavy (non-hydrogen) atoms. The van der Waals surface area contributed by atoms with Crippen LogP contribution in [0.4, 0.5) is 0 Å². The van der Waals surface area contributed by atoms with Crippen LogP contribution in [0.1, 0.15) is 62.8 Å². The van der Waals surface area contributed by atoms with Gasteiger partial charge in [-0.1, -0.05) is 26.8 Å². The van der Waals surface area contributed by atoms with Crippen molar-refractivity contribution >= 4 is 19.5 Å². The second-order valence-electron chi connectivity index (χ2n) is 8.28. The number of ether oxygens (including phenoxy) is 1. The summed E-state index contributed by atoms with van der Waals surface area (Å²) in [7, 11) is 0.885. The Morgan fingerprint density at radius 1 is 1.11 bits per heavy atom. The van der Waals surface area contributed by atoms with Crippen molar-refractivity contribution in [3.8, 4) is 5.75 Å². The van der Waals surface area contributed by atoms with Gasteiger partial charge in [0.25, 0.3) is 0 Å². The van der Waals surface area contributed by atoms with Crippen LogP contribution in [0.2, 0.25) is 0 Å². The molecule has 1 aliphatic rings. The molecule has 0 saturated carbocycles. The first-order valence-electron chi connectivity index (χ1n) is 9.75. The summed E-state index contributed by atoms with van der Waals surface area (Å²) >= 11 is 0. The summed E-state index contributed by atoms with van der Waals surface area (Å²) < 4.78 is 28.2. The second kappa shape index (κ2) is 8.94. The van der Waals surface area contributed by atoms with Gasteiger partial charge in [-0.25, -0.2) is 0 Å². The molecule has 0 bridgehead atoms. The van der Waals surface area contributed by atoms with E-state index < -0.39 is 13.3 Å². The molecule has 0 amide bonds. The number of ketones is 1. The predicted molar refractivity (Wildman–Crippen MR) is 113 cm³/mol.